The van der Waals surface area contributed by atoms with Crippen molar-refractivity contribution in [3.8, 4) is 0 Å². The molecule has 0 amide bonds. The van der Waals surface area contributed by atoms with Gasteiger partial charge in [-0.1, -0.05) is 29.3 Å². The third-order valence-electron chi connectivity index (χ3n) is 3.94. The van der Waals surface area contributed by atoms with Gasteiger partial charge in [0.05, 0.1) is 14.9 Å². The van der Waals surface area contributed by atoms with Gasteiger partial charge in [0, 0.05) is 31.9 Å². The Hall–Kier alpha value is -1.34. The number of sulfonamides is 1. The summed E-state index contributed by atoms with van der Waals surface area (Å²) in [5.41, 5.74) is 0.751. The molecule has 1 saturated heterocycles. The van der Waals surface area contributed by atoms with Gasteiger partial charge in [0.15, 0.2) is 0 Å². The van der Waals surface area contributed by atoms with Gasteiger partial charge >= 0.3 is 0 Å². The summed E-state index contributed by atoms with van der Waals surface area (Å²) in [4.78, 5) is 2.08. The maximum absolute atomic E-state index is 13.3. The first kappa shape index (κ1) is 17.5. The Morgan fingerprint density at radius 3 is 2.25 bits per heavy atom. The van der Waals surface area contributed by atoms with Crippen molar-refractivity contribution in [1.82, 2.24) is 4.31 Å². The molecule has 1 aliphatic rings. The van der Waals surface area contributed by atoms with Crippen LogP contribution in [-0.2, 0) is 10.0 Å². The smallest absolute Gasteiger partial charge is 0.243 e. The minimum Gasteiger partial charge on any atom is -0.369 e. The fraction of sp³-hybridized carbons (Fsp3) is 0.250. The number of rotatable bonds is 3. The molecule has 0 bridgehead atoms. The van der Waals surface area contributed by atoms with E-state index in [-0.39, 0.29) is 15.7 Å². The van der Waals surface area contributed by atoms with Gasteiger partial charge in [-0.05, 0) is 36.4 Å². The van der Waals surface area contributed by atoms with Crippen LogP contribution in [0.25, 0.3) is 0 Å². The second-order valence-electron chi connectivity index (χ2n) is 5.45. The van der Waals surface area contributed by atoms with E-state index in [1.165, 1.54) is 34.6 Å². The van der Waals surface area contributed by atoms with Crippen molar-refractivity contribution in [3.05, 3.63) is 58.3 Å². The molecule has 0 aliphatic carbocycles. The molecule has 0 unspecified atom stereocenters. The SMILES string of the molecule is O=S(=O)(c1ccc(Cl)c(Cl)c1)N1CCN(c2cccc(F)c2)CC1. The minimum absolute atomic E-state index is 0.121. The Balaban J connectivity index is 1.74. The van der Waals surface area contributed by atoms with Gasteiger partial charge in [0.25, 0.3) is 0 Å². The van der Waals surface area contributed by atoms with Crippen LogP contribution in [0.3, 0.4) is 0 Å². The van der Waals surface area contributed by atoms with E-state index in [4.69, 9.17) is 23.2 Å². The standard InChI is InChI=1S/C16H15Cl2FN2O2S/c17-15-5-4-14(11-16(15)18)24(22,23)21-8-6-20(7-9-21)13-3-1-2-12(19)10-13/h1-5,10-11H,6-9H2. The summed E-state index contributed by atoms with van der Waals surface area (Å²) in [6.07, 6.45) is 0. The van der Waals surface area contributed by atoms with Crippen molar-refractivity contribution < 1.29 is 12.8 Å². The zero-order chi connectivity index (χ0) is 17.3. The highest BCUT2D eigenvalue weighted by Gasteiger charge is 2.29. The highest BCUT2D eigenvalue weighted by atomic mass is 35.5. The second kappa shape index (κ2) is 6.88. The van der Waals surface area contributed by atoms with Gasteiger partial charge in [-0.3, -0.25) is 0 Å². The van der Waals surface area contributed by atoms with E-state index in [2.05, 4.69) is 0 Å². The summed E-state index contributed by atoms with van der Waals surface area (Å²) in [6.45, 7) is 1.62. The predicted molar refractivity (Wildman–Crippen MR) is 93.8 cm³/mol. The fourth-order valence-electron chi connectivity index (χ4n) is 2.65. The average molecular weight is 389 g/mol. The zero-order valence-electron chi connectivity index (χ0n) is 12.6. The first-order valence-corrected chi connectivity index (χ1v) is 9.53. The molecule has 1 fully saturated rings. The van der Waals surface area contributed by atoms with E-state index in [9.17, 15) is 12.8 Å². The summed E-state index contributed by atoms with van der Waals surface area (Å²) in [7, 11) is -3.63. The number of halogens is 3. The van der Waals surface area contributed by atoms with Crippen LogP contribution >= 0.6 is 23.2 Å². The molecule has 2 aromatic carbocycles. The summed E-state index contributed by atoms with van der Waals surface area (Å²) in [5, 5.41) is 0.516. The van der Waals surface area contributed by atoms with Gasteiger partial charge in [0.2, 0.25) is 10.0 Å². The lowest BCUT2D eigenvalue weighted by Crippen LogP contribution is -2.48. The van der Waals surface area contributed by atoms with Gasteiger partial charge in [-0.2, -0.15) is 4.31 Å². The molecule has 0 saturated carbocycles. The third-order valence-corrected chi connectivity index (χ3v) is 6.57. The molecule has 0 aromatic heterocycles. The van der Waals surface area contributed by atoms with Crippen LogP contribution in [-0.4, -0.2) is 38.9 Å². The quantitative estimate of drug-likeness (QED) is 0.805. The normalized spacial score (nSPS) is 16.4. The van der Waals surface area contributed by atoms with E-state index < -0.39 is 10.0 Å². The van der Waals surface area contributed by atoms with Crippen LogP contribution in [0.5, 0.6) is 0 Å². The molecular weight excluding hydrogens is 374 g/mol. The lowest BCUT2D eigenvalue weighted by Gasteiger charge is -2.35. The van der Waals surface area contributed by atoms with Crippen molar-refractivity contribution in [1.29, 1.82) is 0 Å². The summed E-state index contributed by atoms with van der Waals surface area (Å²) in [5.74, 6) is -0.307. The number of hydrogen-bond donors (Lipinski definition) is 0. The Kier molecular flexibility index (Phi) is 5.01. The molecule has 8 heteroatoms. The van der Waals surface area contributed by atoms with E-state index in [0.29, 0.717) is 31.2 Å². The van der Waals surface area contributed by atoms with Crippen LogP contribution in [0.4, 0.5) is 10.1 Å². The van der Waals surface area contributed by atoms with Crippen LogP contribution < -0.4 is 4.90 Å². The summed E-state index contributed by atoms with van der Waals surface area (Å²) >= 11 is 11.8. The summed E-state index contributed by atoms with van der Waals surface area (Å²) < 4.78 is 40.1. The second-order valence-corrected chi connectivity index (χ2v) is 8.20. The molecule has 128 valence electrons. The number of piperazine rings is 1. The number of benzene rings is 2. The molecule has 0 radical (unpaired) electrons. The molecule has 0 N–H and O–H groups in total. The Morgan fingerprint density at radius 1 is 0.917 bits per heavy atom. The molecule has 1 heterocycles. The maximum atomic E-state index is 13.3. The molecular formula is C16H15Cl2FN2O2S. The van der Waals surface area contributed by atoms with Crippen LogP contribution in [0.15, 0.2) is 47.4 Å². The number of nitrogens with zero attached hydrogens (tertiary/aromatic N) is 2. The van der Waals surface area contributed by atoms with Crippen molar-refractivity contribution in [2.75, 3.05) is 31.1 Å². The largest absolute Gasteiger partial charge is 0.369 e. The molecule has 0 atom stereocenters. The molecule has 24 heavy (non-hydrogen) atoms. The molecule has 3 rings (SSSR count). The first-order valence-electron chi connectivity index (χ1n) is 7.33. The zero-order valence-corrected chi connectivity index (χ0v) is 15.0. The third kappa shape index (κ3) is 3.52. The number of hydrogen-bond acceptors (Lipinski definition) is 3. The Morgan fingerprint density at radius 2 is 1.62 bits per heavy atom. The van der Waals surface area contributed by atoms with Gasteiger partial charge < -0.3 is 4.90 Å². The predicted octanol–water partition coefficient (Wildman–Crippen LogP) is 3.64. The topological polar surface area (TPSA) is 40.6 Å². The number of anilines is 1. The first-order chi connectivity index (χ1) is 11.4. The molecule has 4 nitrogen and oxygen atoms in total. The Labute approximate surface area is 150 Å². The van der Waals surface area contributed by atoms with E-state index in [1.807, 2.05) is 11.0 Å². The van der Waals surface area contributed by atoms with Crippen LogP contribution in [0.1, 0.15) is 0 Å². The van der Waals surface area contributed by atoms with E-state index >= 15 is 0 Å². The monoisotopic (exact) mass is 388 g/mol. The molecule has 2 aromatic rings. The van der Waals surface area contributed by atoms with Crippen molar-refractivity contribution in [2.45, 2.75) is 4.90 Å². The van der Waals surface area contributed by atoms with Crippen LogP contribution in [0, 0.1) is 5.82 Å². The molecule has 0 spiro atoms. The fourth-order valence-corrected chi connectivity index (χ4v) is 4.46. The average Bonchev–Trinajstić information content (AvgIpc) is 2.57. The van der Waals surface area contributed by atoms with Gasteiger partial charge in [-0.15, -0.1) is 0 Å². The lowest BCUT2D eigenvalue weighted by molar-refractivity contribution is 0.384. The van der Waals surface area contributed by atoms with E-state index in [1.54, 1.807) is 6.07 Å². The highest BCUT2D eigenvalue weighted by Crippen LogP contribution is 2.27. The summed E-state index contributed by atoms with van der Waals surface area (Å²) in [6, 6.07) is 10.6. The van der Waals surface area contributed by atoms with Crippen LogP contribution in [0.2, 0.25) is 10.0 Å². The van der Waals surface area contributed by atoms with E-state index in [0.717, 1.165) is 5.69 Å². The van der Waals surface area contributed by atoms with Crippen molar-refractivity contribution in [2.24, 2.45) is 0 Å². The van der Waals surface area contributed by atoms with Gasteiger partial charge in [0.1, 0.15) is 5.82 Å². The Bertz CT molecular complexity index is 853. The minimum atomic E-state index is -3.63. The molecule has 1 aliphatic heterocycles. The van der Waals surface area contributed by atoms with Crippen molar-refractivity contribution in [3.63, 3.8) is 0 Å². The lowest BCUT2D eigenvalue weighted by atomic mass is 10.2. The van der Waals surface area contributed by atoms with Crippen molar-refractivity contribution >= 4 is 38.9 Å². The maximum Gasteiger partial charge on any atom is 0.243 e. The van der Waals surface area contributed by atoms with Gasteiger partial charge in [-0.25, -0.2) is 12.8 Å². The highest BCUT2D eigenvalue weighted by molar-refractivity contribution is 7.89.